The largest absolute Gasteiger partial charge is 0.507 e. The number of piperidine rings is 1. The summed E-state index contributed by atoms with van der Waals surface area (Å²) in [5.41, 5.74) is 4.33. The summed E-state index contributed by atoms with van der Waals surface area (Å²) in [7, 11) is 2.14. The van der Waals surface area contributed by atoms with Crippen LogP contribution in [0.4, 0.5) is 0 Å². The molecule has 4 rings (SSSR count). The molecule has 2 aliphatic heterocycles. The minimum absolute atomic E-state index is 0.0539. The number of aromatic hydroxyl groups is 1. The van der Waals surface area contributed by atoms with Crippen LogP contribution in [0.3, 0.4) is 0 Å². The van der Waals surface area contributed by atoms with E-state index in [4.69, 9.17) is 5.10 Å². The van der Waals surface area contributed by atoms with Crippen LogP contribution in [0, 0.1) is 6.92 Å². The van der Waals surface area contributed by atoms with Crippen molar-refractivity contribution in [2.75, 3.05) is 7.05 Å². The fraction of sp³-hybridized carbons (Fsp3) is 0.500. The second-order valence-electron chi connectivity index (χ2n) is 11.2. The lowest BCUT2D eigenvalue weighted by molar-refractivity contribution is 0.113. The van der Waals surface area contributed by atoms with Crippen LogP contribution in [0.2, 0.25) is 0 Å². The van der Waals surface area contributed by atoms with Gasteiger partial charge in [-0.2, -0.15) is 0 Å². The Morgan fingerprint density at radius 3 is 2.43 bits per heavy atom. The minimum Gasteiger partial charge on any atom is -0.507 e. The second-order valence-corrected chi connectivity index (χ2v) is 11.2. The Morgan fingerprint density at radius 2 is 1.80 bits per heavy atom. The molecule has 0 atom stereocenters. The normalized spacial score (nSPS) is 19.9. The second kappa shape index (κ2) is 9.53. The van der Waals surface area contributed by atoms with Crippen LogP contribution in [0.5, 0.6) is 5.75 Å². The van der Waals surface area contributed by atoms with Crippen molar-refractivity contribution in [2.24, 2.45) is 10.2 Å². The van der Waals surface area contributed by atoms with Crippen LogP contribution in [-0.4, -0.2) is 55.7 Å². The van der Waals surface area contributed by atoms with Crippen molar-refractivity contribution in [1.82, 2.24) is 20.2 Å². The number of aryl methyl sites for hydroxylation is 1. The molecule has 1 aromatic heterocycles. The van der Waals surface area contributed by atoms with Crippen LogP contribution in [0.25, 0.3) is 11.4 Å². The fourth-order valence-electron chi connectivity index (χ4n) is 5.41. The molecule has 0 spiro atoms. The zero-order valence-corrected chi connectivity index (χ0v) is 22.1. The van der Waals surface area contributed by atoms with Gasteiger partial charge in [-0.25, -0.2) is 9.97 Å². The number of amidine groups is 1. The molecule has 7 heteroatoms. The van der Waals surface area contributed by atoms with Crippen molar-refractivity contribution in [1.29, 1.82) is 0 Å². The monoisotopic (exact) mass is 474 g/mol. The first-order valence-electron chi connectivity index (χ1n) is 12.5. The number of hydrogen-bond acceptors (Lipinski definition) is 7. The highest BCUT2D eigenvalue weighted by Crippen LogP contribution is 2.33. The summed E-state index contributed by atoms with van der Waals surface area (Å²) in [5.74, 6) is 1.71. The van der Waals surface area contributed by atoms with E-state index in [-0.39, 0.29) is 16.8 Å². The molecule has 2 aliphatic rings. The lowest BCUT2D eigenvalue weighted by Gasteiger charge is -2.49. The van der Waals surface area contributed by atoms with Gasteiger partial charge in [-0.15, -0.1) is 10.2 Å². The zero-order valence-electron chi connectivity index (χ0n) is 22.1. The van der Waals surface area contributed by atoms with Gasteiger partial charge in [0.1, 0.15) is 11.6 Å². The molecule has 2 aromatic rings. The quantitative estimate of drug-likeness (QED) is 0.633. The predicted molar refractivity (Wildman–Crippen MR) is 143 cm³/mol. The average molecular weight is 475 g/mol. The Morgan fingerprint density at radius 1 is 1.09 bits per heavy atom. The van der Waals surface area contributed by atoms with Crippen LogP contribution < -0.4 is 5.32 Å². The van der Waals surface area contributed by atoms with Gasteiger partial charge in [0.05, 0.1) is 5.71 Å². The van der Waals surface area contributed by atoms with Crippen molar-refractivity contribution in [3.63, 3.8) is 0 Å². The molecular weight excluding hydrogens is 436 g/mol. The number of hydrogen-bond donors (Lipinski definition) is 2. The average Bonchev–Trinajstić information content (AvgIpc) is 2.99. The lowest BCUT2D eigenvalue weighted by Crippen LogP contribution is -2.62. The first-order chi connectivity index (χ1) is 16.5. The molecule has 3 heterocycles. The zero-order chi connectivity index (χ0) is 25.4. The maximum atomic E-state index is 10.9. The summed E-state index contributed by atoms with van der Waals surface area (Å²) in [4.78, 5) is 11.1. The molecule has 0 unspecified atom stereocenters. The van der Waals surface area contributed by atoms with Gasteiger partial charge in [-0.1, -0.05) is 18.6 Å². The van der Waals surface area contributed by atoms with E-state index >= 15 is 0 Å². The van der Waals surface area contributed by atoms with E-state index in [0.717, 1.165) is 42.8 Å². The van der Waals surface area contributed by atoms with E-state index in [1.807, 2.05) is 25.1 Å². The molecule has 7 nitrogen and oxygen atoms in total. The summed E-state index contributed by atoms with van der Waals surface area (Å²) in [6, 6.07) is 7.73. The van der Waals surface area contributed by atoms with Gasteiger partial charge in [0, 0.05) is 53.6 Å². The van der Waals surface area contributed by atoms with Gasteiger partial charge in [0.25, 0.3) is 0 Å². The molecule has 186 valence electrons. The van der Waals surface area contributed by atoms with E-state index in [1.165, 1.54) is 5.57 Å². The minimum atomic E-state index is 0.0539. The number of rotatable bonds is 4. The third-order valence-electron chi connectivity index (χ3n) is 6.90. The molecule has 1 saturated heterocycles. The van der Waals surface area contributed by atoms with Crippen LogP contribution in [0.1, 0.15) is 71.6 Å². The van der Waals surface area contributed by atoms with Crippen LogP contribution >= 0.6 is 0 Å². The third-order valence-corrected chi connectivity index (χ3v) is 6.90. The van der Waals surface area contributed by atoms with E-state index < -0.39 is 0 Å². The highest BCUT2D eigenvalue weighted by Gasteiger charge is 2.40. The summed E-state index contributed by atoms with van der Waals surface area (Å²) in [6.45, 7) is 13.2. The third kappa shape index (κ3) is 5.78. The van der Waals surface area contributed by atoms with Gasteiger partial charge in [-0.05, 0) is 78.2 Å². The first kappa shape index (κ1) is 25.0. The number of nitrogens with one attached hydrogen (secondary N) is 1. The SMILES string of the molecule is CCC1=CC(c2ccc(-c3nccc(C)n3)cc2O)=NN=C(N(C)C2CC(C)(C)NC(C)(C)C2)C1. The van der Waals surface area contributed by atoms with Gasteiger partial charge in [0.2, 0.25) is 0 Å². The summed E-state index contributed by atoms with van der Waals surface area (Å²) in [6.07, 6.45) is 7.52. The van der Waals surface area contributed by atoms with Gasteiger partial charge >= 0.3 is 0 Å². The summed E-state index contributed by atoms with van der Waals surface area (Å²) in [5, 5.41) is 24.0. The number of allylic oxidation sites excluding steroid dienone is 1. The summed E-state index contributed by atoms with van der Waals surface area (Å²) < 4.78 is 0. The van der Waals surface area contributed by atoms with Crippen LogP contribution in [0.15, 0.2) is 52.3 Å². The molecule has 2 N–H and O–H groups in total. The van der Waals surface area contributed by atoms with Crippen molar-refractivity contribution in [3.8, 4) is 17.1 Å². The number of phenols is 1. The van der Waals surface area contributed by atoms with Gasteiger partial charge < -0.3 is 15.3 Å². The first-order valence-corrected chi connectivity index (χ1v) is 12.5. The maximum Gasteiger partial charge on any atom is 0.159 e. The molecule has 1 fully saturated rings. The van der Waals surface area contributed by atoms with Crippen molar-refractivity contribution in [2.45, 2.75) is 84.3 Å². The highest BCUT2D eigenvalue weighted by atomic mass is 16.3. The Hall–Kier alpha value is -3.06. The standard InChI is InChI=1S/C28H38N6O/c1-8-19-13-23(22-10-9-20(15-24(22)35)26-29-12-11-18(2)30-26)31-32-25(14-19)34(7)21-16-27(3,4)33-28(5,6)17-21/h9-13,15,21,33,35H,8,14,16-17H2,1-7H3. The van der Waals surface area contributed by atoms with Crippen molar-refractivity contribution < 1.29 is 5.11 Å². The predicted octanol–water partition coefficient (Wildman–Crippen LogP) is 5.24. The van der Waals surface area contributed by atoms with E-state index in [0.29, 0.717) is 23.1 Å². The molecule has 0 saturated carbocycles. The van der Waals surface area contributed by atoms with Crippen molar-refractivity contribution in [3.05, 3.63) is 53.4 Å². The Labute approximate surface area is 209 Å². The van der Waals surface area contributed by atoms with E-state index in [9.17, 15) is 5.11 Å². The molecule has 1 aromatic carbocycles. The fourth-order valence-corrected chi connectivity index (χ4v) is 5.41. The molecule has 35 heavy (non-hydrogen) atoms. The summed E-state index contributed by atoms with van der Waals surface area (Å²) >= 11 is 0. The lowest BCUT2D eigenvalue weighted by atomic mass is 9.79. The number of phenolic OH excluding ortho intramolecular Hbond substituents is 1. The number of benzene rings is 1. The molecule has 0 bridgehead atoms. The van der Waals surface area contributed by atoms with Gasteiger partial charge in [0.15, 0.2) is 5.82 Å². The topological polar surface area (TPSA) is 86.0 Å². The molecule has 0 amide bonds. The smallest absolute Gasteiger partial charge is 0.159 e. The molecule has 0 radical (unpaired) electrons. The maximum absolute atomic E-state index is 10.9. The van der Waals surface area contributed by atoms with Crippen LogP contribution in [-0.2, 0) is 0 Å². The van der Waals surface area contributed by atoms with E-state index in [1.54, 1.807) is 12.3 Å². The van der Waals surface area contributed by atoms with Gasteiger partial charge in [-0.3, -0.25) is 0 Å². The Kier molecular flexibility index (Phi) is 6.82. The Bertz CT molecular complexity index is 1180. The van der Waals surface area contributed by atoms with E-state index in [2.05, 4.69) is 73.0 Å². The molecular formula is C28H38N6O. The Balaban J connectivity index is 1.64. The number of nitrogens with zero attached hydrogens (tertiary/aromatic N) is 5. The highest BCUT2D eigenvalue weighted by molar-refractivity contribution is 6.12. The molecule has 0 aliphatic carbocycles. The van der Waals surface area contributed by atoms with Crippen molar-refractivity contribution >= 4 is 11.5 Å². The number of aromatic nitrogens is 2.